The molecule has 0 aliphatic carbocycles. The van der Waals surface area contributed by atoms with E-state index in [9.17, 15) is 4.79 Å². The standard InChI is InChI=1S/C26H33ClN8O/c1-15-10-22(29-26-28-12-21(27)24(31-26)30-23-11-17(3)32-33-23)16(2)9-20(15)18-5-7-35(8-6-18)25(36)19-13-34(4)14-19/h9-12,18-19H,5-8,13-14H2,1-4H3,(H3,28,29,30,31,32,33). The Balaban J connectivity index is 1.25. The van der Waals surface area contributed by atoms with Crippen molar-refractivity contribution in [3.8, 4) is 0 Å². The van der Waals surface area contributed by atoms with Crippen LogP contribution in [0, 0.1) is 26.7 Å². The molecular weight excluding hydrogens is 476 g/mol. The fourth-order valence-electron chi connectivity index (χ4n) is 5.18. The normalized spacial score (nSPS) is 17.2. The average Bonchev–Trinajstić information content (AvgIpc) is 3.25. The first-order valence-corrected chi connectivity index (χ1v) is 12.8. The van der Waals surface area contributed by atoms with E-state index in [-0.39, 0.29) is 5.92 Å². The van der Waals surface area contributed by atoms with Crippen LogP contribution in [0.1, 0.15) is 41.1 Å². The third-order valence-corrected chi connectivity index (χ3v) is 7.49. The quantitative estimate of drug-likeness (QED) is 0.449. The van der Waals surface area contributed by atoms with Crippen LogP contribution in [0.2, 0.25) is 5.02 Å². The van der Waals surface area contributed by atoms with Crippen molar-refractivity contribution in [2.75, 3.05) is 43.9 Å². The largest absolute Gasteiger partial charge is 0.342 e. The van der Waals surface area contributed by atoms with E-state index in [4.69, 9.17) is 11.6 Å². The number of piperidine rings is 1. The summed E-state index contributed by atoms with van der Waals surface area (Å²) < 4.78 is 0. The van der Waals surface area contributed by atoms with Crippen molar-refractivity contribution in [1.29, 1.82) is 0 Å². The van der Waals surface area contributed by atoms with Gasteiger partial charge in [-0.3, -0.25) is 9.89 Å². The number of carbonyl (C=O) groups is 1. The zero-order valence-corrected chi connectivity index (χ0v) is 22.0. The summed E-state index contributed by atoms with van der Waals surface area (Å²) in [6.45, 7) is 9.64. The van der Waals surface area contributed by atoms with Crippen molar-refractivity contribution in [2.45, 2.75) is 39.5 Å². The van der Waals surface area contributed by atoms with E-state index in [1.807, 2.05) is 13.0 Å². The predicted octanol–water partition coefficient (Wildman–Crippen LogP) is 4.53. The van der Waals surface area contributed by atoms with Crippen LogP contribution in [0.25, 0.3) is 0 Å². The Bertz CT molecular complexity index is 1260. The number of carbonyl (C=O) groups excluding carboxylic acids is 1. The van der Waals surface area contributed by atoms with Gasteiger partial charge in [0.05, 0.1) is 12.1 Å². The molecule has 2 aromatic heterocycles. The van der Waals surface area contributed by atoms with Crippen molar-refractivity contribution in [3.63, 3.8) is 0 Å². The second kappa shape index (κ2) is 10.1. The first kappa shape index (κ1) is 24.5. The monoisotopic (exact) mass is 508 g/mol. The molecule has 4 heterocycles. The van der Waals surface area contributed by atoms with Crippen LogP contribution in [0.5, 0.6) is 0 Å². The molecular formula is C26H33ClN8O. The summed E-state index contributed by atoms with van der Waals surface area (Å²) in [6.07, 6.45) is 3.58. The Morgan fingerprint density at radius 2 is 1.83 bits per heavy atom. The zero-order valence-electron chi connectivity index (χ0n) is 21.2. The first-order chi connectivity index (χ1) is 17.3. The third-order valence-electron chi connectivity index (χ3n) is 7.22. The van der Waals surface area contributed by atoms with Crippen molar-refractivity contribution in [2.24, 2.45) is 5.92 Å². The average molecular weight is 509 g/mol. The molecule has 1 aromatic carbocycles. The number of rotatable bonds is 6. The lowest BCUT2D eigenvalue weighted by Gasteiger charge is -2.40. The highest BCUT2D eigenvalue weighted by Crippen LogP contribution is 2.35. The van der Waals surface area contributed by atoms with Crippen LogP contribution < -0.4 is 10.6 Å². The van der Waals surface area contributed by atoms with Crippen LogP contribution in [0.15, 0.2) is 24.4 Å². The van der Waals surface area contributed by atoms with Crippen molar-refractivity contribution >= 4 is 40.8 Å². The minimum absolute atomic E-state index is 0.190. The van der Waals surface area contributed by atoms with Crippen LogP contribution in [0.3, 0.4) is 0 Å². The summed E-state index contributed by atoms with van der Waals surface area (Å²) in [5.41, 5.74) is 5.62. The van der Waals surface area contributed by atoms with Gasteiger partial charge in [-0.05, 0) is 69.3 Å². The Morgan fingerprint density at radius 1 is 1.08 bits per heavy atom. The second-order valence-electron chi connectivity index (χ2n) is 10.1. The molecule has 3 N–H and O–H groups in total. The zero-order chi connectivity index (χ0) is 25.4. The summed E-state index contributed by atoms with van der Waals surface area (Å²) in [5, 5.41) is 14.0. The number of hydrogen-bond donors (Lipinski definition) is 3. The molecule has 2 saturated heterocycles. The molecule has 0 spiro atoms. The Hall–Kier alpha value is -3.17. The van der Waals surface area contributed by atoms with E-state index in [1.54, 1.807) is 6.20 Å². The van der Waals surface area contributed by atoms with Crippen LogP contribution in [-0.2, 0) is 4.79 Å². The topological polar surface area (TPSA) is 102 Å². The van der Waals surface area contributed by atoms with Crippen molar-refractivity contribution in [1.82, 2.24) is 30.0 Å². The summed E-state index contributed by atoms with van der Waals surface area (Å²) in [7, 11) is 2.07. The minimum Gasteiger partial charge on any atom is -0.342 e. The maximum atomic E-state index is 12.7. The smallest absolute Gasteiger partial charge is 0.229 e. The van der Waals surface area contributed by atoms with E-state index in [0.717, 1.165) is 56.0 Å². The molecule has 190 valence electrons. The van der Waals surface area contributed by atoms with Gasteiger partial charge in [0.1, 0.15) is 5.02 Å². The molecule has 0 radical (unpaired) electrons. The van der Waals surface area contributed by atoms with Gasteiger partial charge in [0, 0.05) is 43.6 Å². The minimum atomic E-state index is 0.190. The molecule has 3 aromatic rings. The summed E-state index contributed by atoms with van der Waals surface area (Å²) in [4.78, 5) is 25.9. The lowest BCUT2D eigenvalue weighted by atomic mass is 9.85. The molecule has 1 amide bonds. The van der Waals surface area contributed by atoms with Crippen LogP contribution >= 0.6 is 11.6 Å². The van der Waals surface area contributed by atoms with Gasteiger partial charge in [-0.15, -0.1) is 0 Å². The van der Waals surface area contributed by atoms with Crippen LogP contribution in [-0.4, -0.2) is 69.1 Å². The fraction of sp³-hybridized carbons (Fsp3) is 0.462. The summed E-state index contributed by atoms with van der Waals surface area (Å²) >= 11 is 6.30. The highest BCUT2D eigenvalue weighted by molar-refractivity contribution is 6.32. The highest BCUT2D eigenvalue weighted by Gasteiger charge is 2.35. The van der Waals surface area contributed by atoms with Gasteiger partial charge < -0.3 is 20.4 Å². The van der Waals surface area contributed by atoms with E-state index in [2.05, 4.69) is 73.6 Å². The molecule has 5 rings (SSSR count). The molecule has 0 bridgehead atoms. The molecule has 2 fully saturated rings. The van der Waals surface area contributed by atoms with Gasteiger partial charge in [0.15, 0.2) is 11.6 Å². The number of aryl methyl sites for hydroxylation is 3. The van der Waals surface area contributed by atoms with Gasteiger partial charge in [0.25, 0.3) is 0 Å². The van der Waals surface area contributed by atoms with E-state index >= 15 is 0 Å². The Kier molecular flexibility index (Phi) is 6.85. The van der Waals surface area contributed by atoms with E-state index in [0.29, 0.717) is 34.4 Å². The molecule has 36 heavy (non-hydrogen) atoms. The van der Waals surface area contributed by atoms with Gasteiger partial charge in [-0.25, -0.2) is 4.98 Å². The van der Waals surface area contributed by atoms with Crippen molar-refractivity contribution in [3.05, 3.63) is 51.8 Å². The number of aromatic nitrogens is 4. The number of benzene rings is 1. The van der Waals surface area contributed by atoms with Gasteiger partial charge in [-0.1, -0.05) is 17.7 Å². The maximum Gasteiger partial charge on any atom is 0.229 e. The highest BCUT2D eigenvalue weighted by atomic mass is 35.5. The summed E-state index contributed by atoms with van der Waals surface area (Å²) in [6, 6.07) is 6.31. The number of hydrogen-bond acceptors (Lipinski definition) is 7. The van der Waals surface area contributed by atoms with Gasteiger partial charge >= 0.3 is 0 Å². The molecule has 0 saturated carbocycles. The van der Waals surface area contributed by atoms with E-state index < -0.39 is 0 Å². The Morgan fingerprint density at radius 3 is 2.50 bits per heavy atom. The second-order valence-corrected chi connectivity index (χ2v) is 10.5. The third kappa shape index (κ3) is 5.17. The Labute approximate surface area is 216 Å². The number of H-pyrrole nitrogens is 1. The SMILES string of the molecule is Cc1cc(Nc2nc(Nc3cc(C)c(C4CCN(C(=O)C5CN(C)C5)CC4)cc3C)ncc2Cl)n[nH]1. The predicted molar refractivity (Wildman–Crippen MR) is 142 cm³/mol. The maximum absolute atomic E-state index is 12.7. The fourth-order valence-corrected chi connectivity index (χ4v) is 5.31. The van der Waals surface area contributed by atoms with Crippen LogP contribution in [0.4, 0.5) is 23.3 Å². The lowest BCUT2D eigenvalue weighted by molar-refractivity contribution is -0.141. The lowest BCUT2D eigenvalue weighted by Crippen LogP contribution is -2.53. The molecule has 0 atom stereocenters. The molecule has 10 heteroatoms. The van der Waals surface area contributed by atoms with Crippen molar-refractivity contribution < 1.29 is 4.79 Å². The number of aromatic amines is 1. The number of amides is 1. The molecule has 9 nitrogen and oxygen atoms in total. The number of nitrogens with one attached hydrogen (secondary N) is 3. The first-order valence-electron chi connectivity index (χ1n) is 12.4. The molecule has 2 aliphatic rings. The van der Waals surface area contributed by atoms with Gasteiger partial charge in [0.2, 0.25) is 11.9 Å². The summed E-state index contributed by atoms with van der Waals surface area (Å²) in [5.74, 6) is 2.57. The number of anilines is 4. The number of halogens is 1. The number of likely N-dealkylation sites (tertiary alicyclic amines) is 2. The van der Waals surface area contributed by atoms with E-state index in [1.165, 1.54) is 11.1 Å². The molecule has 2 aliphatic heterocycles. The number of nitrogens with zero attached hydrogens (tertiary/aromatic N) is 5. The van der Waals surface area contributed by atoms with Gasteiger partial charge in [-0.2, -0.15) is 10.1 Å². The molecule has 0 unspecified atom stereocenters.